The van der Waals surface area contributed by atoms with Crippen molar-refractivity contribution in [1.82, 2.24) is 19.7 Å². The molecule has 0 aliphatic carbocycles. The van der Waals surface area contributed by atoms with E-state index in [1.807, 2.05) is 91.1 Å². The minimum Gasteiger partial charge on any atom is -0.489 e. The van der Waals surface area contributed by atoms with Gasteiger partial charge in [0.2, 0.25) is 0 Å². The number of rotatable bonds is 8. The molecule has 220 valence electrons. The number of carbonyl (C=O) groups is 2. The average Bonchev–Trinajstić information content (AvgIpc) is 3.50. The highest BCUT2D eigenvalue weighted by Crippen LogP contribution is 2.33. The number of pyridine rings is 1. The molecule has 0 N–H and O–H groups in total. The number of amides is 2. The van der Waals surface area contributed by atoms with Gasteiger partial charge < -0.3 is 4.74 Å². The normalized spacial score (nSPS) is 14.2. The lowest BCUT2D eigenvalue weighted by atomic mass is 9.93. The zero-order chi connectivity index (χ0) is 31.3. The Labute approximate surface area is 265 Å². The third kappa shape index (κ3) is 6.30. The number of benzene rings is 3. The van der Waals surface area contributed by atoms with Crippen LogP contribution in [0, 0.1) is 11.3 Å². The maximum absolute atomic E-state index is 13.9. The van der Waals surface area contributed by atoms with Crippen molar-refractivity contribution in [2.24, 2.45) is 0 Å². The summed E-state index contributed by atoms with van der Waals surface area (Å²) in [6, 6.07) is 30.1. The van der Waals surface area contributed by atoms with Crippen LogP contribution in [-0.2, 0) is 22.7 Å². The van der Waals surface area contributed by atoms with Crippen molar-refractivity contribution in [1.29, 1.82) is 5.26 Å². The fourth-order valence-corrected chi connectivity index (χ4v) is 5.14. The number of ether oxygens (including phenoxy) is 1. The number of para-hydroxylation sites is 1. The summed E-state index contributed by atoms with van der Waals surface area (Å²) in [7, 11) is 0. The summed E-state index contributed by atoms with van der Waals surface area (Å²) in [5.41, 5.74) is 4.92. The first kappa shape index (κ1) is 29.3. The van der Waals surface area contributed by atoms with Crippen LogP contribution in [0.1, 0.15) is 23.6 Å². The number of nitriles is 1. The van der Waals surface area contributed by atoms with E-state index >= 15 is 0 Å². The van der Waals surface area contributed by atoms with Gasteiger partial charge in [0, 0.05) is 40.3 Å². The molecule has 0 atom stereocenters. The van der Waals surface area contributed by atoms with E-state index in [0.29, 0.717) is 39.8 Å². The quantitative estimate of drug-likeness (QED) is 0.139. The van der Waals surface area contributed by atoms with Crippen molar-refractivity contribution < 1.29 is 14.3 Å². The molecule has 0 radical (unpaired) electrons. The highest BCUT2D eigenvalue weighted by Gasteiger charge is 2.35. The molecule has 45 heavy (non-hydrogen) atoms. The second kappa shape index (κ2) is 12.8. The third-order valence-electron chi connectivity index (χ3n) is 7.38. The van der Waals surface area contributed by atoms with Gasteiger partial charge in [0.05, 0.1) is 12.2 Å². The number of aromatic nitrogens is 3. The molecule has 1 aliphatic heterocycles. The minimum absolute atomic E-state index is 0.00948. The molecule has 0 unspecified atom stereocenters. The van der Waals surface area contributed by atoms with Crippen LogP contribution in [0.25, 0.3) is 23.0 Å². The molecule has 0 bridgehead atoms. The van der Waals surface area contributed by atoms with Crippen molar-refractivity contribution in [2.45, 2.75) is 20.1 Å². The summed E-state index contributed by atoms with van der Waals surface area (Å²) >= 11 is 6.02. The van der Waals surface area contributed by atoms with E-state index in [1.54, 1.807) is 42.2 Å². The summed E-state index contributed by atoms with van der Waals surface area (Å²) in [5, 5.41) is 15.5. The number of hydrogen-bond acceptors (Lipinski definition) is 6. The van der Waals surface area contributed by atoms with Crippen LogP contribution >= 0.6 is 11.6 Å². The van der Waals surface area contributed by atoms with Gasteiger partial charge in [0.25, 0.3) is 11.8 Å². The zero-order valence-electron chi connectivity index (χ0n) is 24.2. The van der Waals surface area contributed by atoms with Gasteiger partial charge in [0.15, 0.2) is 0 Å². The lowest BCUT2D eigenvalue weighted by molar-refractivity contribution is -0.141. The van der Waals surface area contributed by atoms with Gasteiger partial charge in [-0.05, 0) is 72.2 Å². The molecule has 3 heterocycles. The Morgan fingerprint density at radius 1 is 0.933 bits per heavy atom. The molecule has 1 aliphatic rings. The summed E-state index contributed by atoms with van der Waals surface area (Å²) < 4.78 is 7.82. The third-order valence-corrected chi connectivity index (χ3v) is 7.63. The largest absolute Gasteiger partial charge is 0.489 e. The van der Waals surface area contributed by atoms with Crippen LogP contribution in [0.15, 0.2) is 126 Å². The van der Waals surface area contributed by atoms with Crippen LogP contribution in [0.5, 0.6) is 5.75 Å². The Balaban J connectivity index is 1.41. The molecule has 8 nitrogen and oxygen atoms in total. The maximum atomic E-state index is 13.9. The predicted octanol–water partition coefficient (Wildman–Crippen LogP) is 6.96. The Hall–Kier alpha value is -5.78. The Morgan fingerprint density at radius 2 is 1.73 bits per heavy atom. The first-order chi connectivity index (χ1) is 21.9. The molecule has 0 saturated carbocycles. The van der Waals surface area contributed by atoms with Gasteiger partial charge in [-0.1, -0.05) is 60.1 Å². The van der Waals surface area contributed by atoms with E-state index in [4.69, 9.17) is 21.4 Å². The standard InChI is InChI=1S/C36H26ClN5O3/c1-24-32(35(43)41(36(44)33(24)19-38)21-26-7-6-16-39-20-26)18-28-22-42(30-9-3-2-4-10-30)40-34(28)27-8-5-11-31(17-27)45-23-25-12-14-29(37)15-13-25/h2-18,20,22H,21,23H2,1H3/b32-18+. The van der Waals surface area contributed by atoms with Crippen LogP contribution in [0.2, 0.25) is 5.02 Å². The van der Waals surface area contributed by atoms with Crippen molar-refractivity contribution in [3.05, 3.63) is 148 Å². The SMILES string of the molecule is CC1=C(C#N)C(=O)N(Cc2cccnc2)C(=O)/C1=C/c1cn(-c2ccccc2)nc1-c1cccc(OCc2ccc(Cl)cc2)c1. The Kier molecular flexibility index (Phi) is 8.36. The van der Waals surface area contributed by atoms with E-state index < -0.39 is 11.8 Å². The lowest BCUT2D eigenvalue weighted by Gasteiger charge is -2.27. The van der Waals surface area contributed by atoms with Gasteiger partial charge in [-0.2, -0.15) is 10.4 Å². The molecule has 2 amide bonds. The van der Waals surface area contributed by atoms with Crippen molar-refractivity contribution in [2.75, 3.05) is 0 Å². The van der Waals surface area contributed by atoms with Crippen molar-refractivity contribution >= 4 is 29.5 Å². The second-order valence-electron chi connectivity index (χ2n) is 10.4. The molecular weight excluding hydrogens is 586 g/mol. The lowest BCUT2D eigenvalue weighted by Crippen LogP contribution is -2.42. The summed E-state index contributed by atoms with van der Waals surface area (Å²) in [6.07, 6.45) is 6.72. The molecule has 5 aromatic rings. The highest BCUT2D eigenvalue weighted by molar-refractivity contribution is 6.30. The minimum atomic E-state index is -0.633. The van der Waals surface area contributed by atoms with Gasteiger partial charge >= 0.3 is 0 Å². The van der Waals surface area contributed by atoms with Gasteiger partial charge in [0.1, 0.15) is 29.7 Å². The van der Waals surface area contributed by atoms with Crippen molar-refractivity contribution in [3.8, 4) is 28.8 Å². The zero-order valence-corrected chi connectivity index (χ0v) is 25.0. The average molecular weight is 612 g/mol. The summed E-state index contributed by atoms with van der Waals surface area (Å²) in [6.45, 7) is 1.96. The monoisotopic (exact) mass is 611 g/mol. The molecule has 6 rings (SSSR count). The fraction of sp³-hybridized carbons (Fsp3) is 0.0833. The van der Waals surface area contributed by atoms with Crippen LogP contribution in [-0.4, -0.2) is 31.5 Å². The molecule has 0 spiro atoms. The molecule has 0 saturated heterocycles. The molecule has 0 fully saturated rings. The van der Waals surface area contributed by atoms with Crippen LogP contribution < -0.4 is 4.74 Å². The first-order valence-electron chi connectivity index (χ1n) is 14.1. The maximum Gasteiger partial charge on any atom is 0.271 e. The number of imide groups is 1. The Bertz CT molecular complexity index is 1990. The topological polar surface area (TPSA) is 101 Å². The fourth-order valence-electron chi connectivity index (χ4n) is 5.01. The number of halogens is 1. The van der Waals surface area contributed by atoms with E-state index in [9.17, 15) is 14.9 Å². The van der Waals surface area contributed by atoms with Crippen LogP contribution in [0.3, 0.4) is 0 Å². The summed E-state index contributed by atoms with van der Waals surface area (Å²) in [4.78, 5) is 32.2. The predicted molar refractivity (Wildman–Crippen MR) is 171 cm³/mol. The molecule has 3 aromatic carbocycles. The van der Waals surface area contributed by atoms with Crippen LogP contribution in [0.4, 0.5) is 0 Å². The van der Waals surface area contributed by atoms with Gasteiger partial charge in [-0.25, -0.2) is 4.68 Å². The van der Waals surface area contributed by atoms with Gasteiger partial charge in [-0.3, -0.25) is 19.5 Å². The van der Waals surface area contributed by atoms with E-state index in [1.165, 1.54) is 0 Å². The van der Waals surface area contributed by atoms with E-state index in [0.717, 1.165) is 21.7 Å². The molecular formula is C36H26ClN5O3. The van der Waals surface area contributed by atoms with E-state index in [-0.39, 0.29) is 17.7 Å². The number of carbonyl (C=O) groups excluding carboxylic acids is 2. The summed E-state index contributed by atoms with van der Waals surface area (Å²) in [5.74, 6) is -0.495. The number of hydrogen-bond donors (Lipinski definition) is 0. The molecule has 2 aromatic heterocycles. The first-order valence-corrected chi connectivity index (χ1v) is 14.5. The second-order valence-corrected chi connectivity index (χ2v) is 10.8. The van der Waals surface area contributed by atoms with Crippen molar-refractivity contribution in [3.63, 3.8) is 0 Å². The Morgan fingerprint density at radius 3 is 2.47 bits per heavy atom. The van der Waals surface area contributed by atoms with E-state index in [2.05, 4.69) is 4.98 Å². The highest BCUT2D eigenvalue weighted by atomic mass is 35.5. The number of nitrogens with zero attached hydrogens (tertiary/aromatic N) is 5. The molecule has 9 heteroatoms. The smallest absolute Gasteiger partial charge is 0.271 e. The van der Waals surface area contributed by atoms with Gasteiger partial charge in [-0.15, -0.1) is 0 Å².